The van der Waals surface area contributed by atoms with E-state index in [4.69, 9.17) is 4.74 Å². The van der Waals surface area contributed by atoms with Gasteiger partial charge in [0.2, 0.25) is 0 Å². The molecular formula is C14H15N2O6-. The molecule has 0 aliphatic rings. The van der Waals surface area contributed by atoms with Gasteiger partial charge in [-0.1, -0.05) is 0 Å². The van der Waals surface area contributed by atoms with Gasteiger partial charge in [0, 0.05) is 24.6 Å². The Morgan fingerprint density at radius 1 is 1.09 bits per heavy atom. The molecule has 0 saturated heterocycles. The lowest BCUT2D eigenvalue weighted by atomic mass is 10.2. The fourth-order valence-corrected chi connectivity index (χ4v) is 1.45. The average molecular weight is 307 g/mol. The van der Waals surface area contributed by atoms with Crippen LogP contribution < -0.4 is 15.7 Å². The van der Waals surface area contributed by atoms with E-state index in [-0.39, 0.29) is 19.6 Å². The summed E-state index contributed by atoms with van der Waals surface area (Å²) in [6.07, 6.45) is -0.382. The summed E-state index contributed by atoms with van der Waals surface area (Å²) in [4.78, 5) is 44.5. The van der Waals surface area contributed by atoms with Crippen LogP contribution in [0.4, 0.5) is 5.69 Å². The van der Waals surface area contributed by atoms with Crippen molar-refractivity contribution in [2.45, 2.75) is 13.3 Å². The minimum absolute atomic E-state index is 0.198. The molecule has 8 nitrogen and oxygen atoms in total. The van der Waals surface area contributed by atoms with Crippen molar-refractivity contribution < 1.29 is 29.0 Å². The minimum atomic E-state index is -1.32. The van der Waals surface area contributed by atoms with Crippen molar-refractivity contribution in [3.8, 4) is 0 Å². The van der Waals surface area contributed by atoms with Gasteiger partial charge in [-0.2, -0.15) is 0 Å². The highest BCUT2D eigenvalue weighted by atomic mass is 16.5. The lowest BCUT2D eigenvalue weighted by Crippen LogP contribution is -2.37. The van der Waals surface area contributed by atoms with Gasteiger partial charge in [-0.15, -0.1) is 0 Å². The van der Waals surface area contributed by atoms with Crippen molar-refractivity contribution in [1.29, 1.82) is 0 Å². The molecule has 0 aliphatic heterocycles. The molecule has 0 heterocycles. The normalized spacial score (nSPS) is 9.68. The number of aliphatic carboxylic acids is 1. The largest absolute Gasteiger partial charge is 0.550 e. The maximum absolute atomic E-state index is 11.5. The van der Waals surface area contributed by atoms with Crippen LogP contribution in [-0.4, -0.2) is 36.9 Å². The Kier molecular flexibility index (Phi) is 6.55. The molecule has 0 aliphatic carbocycles. The van der Waals surface area contributed by atoms with Crippen LogP contribution in [0.5, 0.6) is 0 Å². The van der Waals surface area contributed by atoms with Crippen molar-refractivity contribution in [1.82, 2.24) is 5.32 Å². The van der Waals surface area contributed by atoms with E-state index < -0.39 is 23.8 Å². The smallest absolute Gasteiger partial charge is 0.338 e. The summed E-state index contributed by atoms with van der Waals surface area (Å²) >= 11 is 0. The van der Waals surface area contributed by atoms with Gasteiger partial charge in [0.15, 0.2) is 0 Å². The van der Waals surface area contributed by atoms with Crippen LogP contribution in [-0.2, 0) is 19.1 Å². The number of ether oxygens (including phenoxy) is 1. The lowest BCUT2D eigenvalue weighted by Gasteiger charge is -2.07. The molecule has 0 radical (unpaired) electrons. The molecule has 2 amide bonds. The summed E-state index contributed by atoms with van der Waals surface area (Å²) in [5.41, 5.74) is 0.631. The Morgan fingerprint density at radius 2 is 1.73 bits per heavy atom. The standard InChI is InChI=1S/C14H16N2O6/c1-2-22-14(21)9-3-5-10(6-4-9)16-13(20)12(19)15-8-7-11(17)18/h3-6H,2,7-8H2,1H3,(H,15,19)(H,16,20)(H,17,18)/p-1. The second kappa shape index (κ2) is 8.40. The predicted octanol–water partition coefficient (Wildman–Crippen LogP) is -0.942. The Bertz CT molecular complexity index is 567. The summed E-state index contributed by atoms with van der Waals surface area (Å²) in [5, 5.41) is 14.6. The fourth-order valence-electron chi connectivity index (χ4n) is 1.45. The second-order valence-corrected chi connectivity index (χ2v) is 4.13. The van der Waals surface area contributed by atoms with Crippen molar-refractivity contribution in [2.24, 2.45) is 0 Å². The molecule has 0 atom stereocenters. The summed E-state index contributed by atoms with van der Waals surface area (Å²) in [5.74, 6) is -3.71. The second-order valence-electron chi connectivity index (χ2n) is 4.13. The maximum atomic E-state index is 11.5. The summed E-state index contributed by atoms with van der Waals surface area (Å²) in [6, 6.07) is 5.78. The Morgan fingerprint density at radius 3 is 2.27 bits per heavy atom. The molecule has 1 aromatic carbocycles. The highest BCUT2D eigenvalue weighted by molar-refractivity contribution is 6.39. The zero-order valence-electron chi connectivity index (χ0n) is 11.9. The van der Waals surface area contributed by atoms with E-state index >= 15 is 0 Å². The lowest BCUT2D eigenvalue weighted by molar-refractivity contribution is -0.305. The van der Waals surface area contributed by atoms with Gasteiger partial charge >= 0.3 is 17.8 Å². The molecular weight excluding hydrogens is 292 g/mol. The van der Waals surface area contributed by atoms with Gasteiger partial charge in [-0.05, 0) is 31.2 Å². The molecule has 1 aromatic rings. The van der Waals surface area contributed by atoms with Crippen molar-refractivity contribution >= 4 is 29.4 Å². The molecule has 0 fully saturated rings. The first kappa shape index (κ1) is 17.2. The topological polar surface area (TPSA) is 125 Å². The van der Waals surface area contributed by atoms with Crippen molar-refractivity contribution in [3.05, 3.63) is 29.8 Å². The molecule has 0 spiro atoms. The fraction of sp³-hybridized carbons (Fsp3) is 0.286. The van der Waals surface area contributed by atoms with E-state index in [1.807, 2.05) is 0 Å². The first-order valence-electron chi connectivity index (χ1n) is 6.50. The van der Waals surface area contributed by atoms with Crippen molar-refractivity contribution in [2.75, 3.05) is 18.5 Å². The summed E-state index contributed by atoms with van der Waals surface area (Å²) < 4.78 is 4.81. The van der Waals surface area contributed by atoms with Gasteiger partial charge in [0.25, 0.3) is 0 Å². The van der Waals surface area contributed by atoms with Crippen LogP contribution in [0.2, 0.25) is 0 Å². The van der Waals surface area contributed by atoms with Gasteiger partial charge < -0.3 is 25.3 Å². The maximum Gasteiger partial charge on any atom is 0.338 e. The van der Waals surface area contributed by atoms with Crippen LogP contribution in [0.1, 0.15) is 23.7 Å². The van der Waals surface area contributed by atoms with Crippen LogP contribution >= 0.6 is 0 Å². The number of anilines is 1. The monoisotopic (exact) mass is 307 g/mol. The Labute approximate surface area is 126 Å². The van der Waals surface area contributed by atoms with E-state index in [0.29, 0.717) is 11.3 Å². The summed E-state index contributed by atoms with van der Waals surface area (Å²) in [6.45, 7) is 1.74. The number of carboxylic acids is 1. The van der Waals surface area contributed by atoms with Gasteiger partial charge in [-0.25, -0.2) is 4.79 Å². The Hall–Kier alpha value is -2.90. The average Bonchev–Trinajstić information content (AvgIpc) is 2.47. The number of amides is 2. The molecule has 0 aromatic heterocycles. The van der Waals surface area contributed by atoms with E-state index in [1.165, 1.54) is 24.3 Å². The Balaban J connectivity index is 2.52. The number of carbonyl (C=O) groups is 4. The van der Waals surface area contributed by atoms with Crippen LogP contribution in [0.25, 0.3) is 0 Å². The third kappa shape index (κ3) is 5.61. The number of carbonyl (C=O) groups excluding carboxylic acids is 4. The SMILES string of the molecule is CCOC(=O)c1ccc(NC(=O)C(=O)NCCC(=O)[O-])cc1. The third-order valence-electron chi connectivity index (χ3n) is 2.47. The van der Waals surface area contributed by atoms with Crippen LogP contribution in [0.15, 0.2) is 24.3 Å². The molecule has 0 saturated carbocycles. The number of benzene rings is 1. The predicted molar refractivity (Wildman–Crippen MR) is 73.7 cm³/mol. The van der Waals surface area contributed by atoms with E-state index in [2.05, 4.69) is 10.6 Å². The summed E-state index contributed by atoms with van der Waals surface area (Å²) in [7, 11) is 0. The molecule has 2 N–H and O–H groups in total. The van der Waals surface area contributed by atoms with Crippen molar-refractivity contribution in [3.63, 3.8) is 0 Å². The molecule has 118 valence electrons. The molecule has 22 heavy (non-hydrogen) atoms. The quantitative estimate of drug-likeness (QED) is 0.516. The third-order valence-corrected chi connectivity index (χ3v) is 2.47. The van der Waals surface area contributed by atoms with Crippen LogP contribution in [0, 0.1) is 0 Å². The number of esters is 1. The zero-order chi connectivity index (χ0) is 16.5. The van der Waals surface area contributed by atoms with Gasteiger partial charge in [0.05, 0.1) is 12.2 Å². The number of carboxylic acid groups (broad SMARTS) is 1. The molecule has 0 unspecified atom stereocenters. The highest BCUT2D eigenvalue weighted by Gasteiger charge is 2.13. The molecule has 8 heteroatoms. The van der Waals surface area contributed by atoms with Gasteiger partial charge in [-0.3, -0.25) is 9.59 Å². The molecule has 1 rings (SSSR count). The van der Waals surface area contributed by atoms with E-state index in [1.54, 1.807) is 6.92 Å². The number of rotatable bonds is 6. The van der Waals surface area contributed by atoms with E-state index in [0.717, 1.165) is 0 Å². The van der Waals surface area contributed by atoms with Gasteiger partial charge in [0.1, 0.15) is 0 Å². The van der Waals surface area contributed by atoms with Crippen LogP contribution in [0.3, 0.4) is 0 Å². The minimum Gasteiger partial charge on any atom is -0.550 e. The first-order valence-corrected chi connectivity index (χ1v) is 6.50. The zero-order valence-corrected chi connectivity index (χ0v) is 11.9. The number of hydrogen-bond donors (Lipinski definition) is 2. The highest BCUT2D eigenvalue weighted by Crippen LogP contribution is 2.10. The molecule has 0 bridgehead atoms. The number of nitrogens with one attached hydrogen (secondary N) is 2. The number of hydrogen-bond acceptors (Lipinski definition) is 6. The van der Waals surface area contributed by atoms with E-state index in [9.17, 15) is 24.3 Å². The first-order chi connectivity index (χ1) is 10.4.